The van der Waals surface area contributed by atoms with Gasteiger partial charge < -0.3 is 4.74 Å². The van der Waals surface area contributed by atoms with Gasteiger partial charge in [0.2, 0.25) is 0 Å². The van der Waals surface area contributed by atoms with Crippen molar-refractivity contribution >= 4 is 16.9 Å². The number of ether oxygens (including phenoxy) is 1. The first-order chi connectivity index (χ1) is 9.16. The van der Waals surface area contributed by atoms with Gasteiger partial charge in [0.15, 0.2) is 6.73 Å². The number of carbonyl (C=O) groups is 1. The molecule has 19 heavy (non-hydrogen) atoms. The van der Waals surface area contributed by atoms with Crippen LogP contribution in [0.4, 0.5) is 0 Å². The average molecular weight is 259 g/mol. The summed E-state index contributed by atoms with van der Waals surface area (Å²) < 4.78 is 6.14. The summed E-state index contributed by atoms with van der Waals surface area (Å²) in [6.45, 7) is 1.81. The SMILES string of the molecule is C[C@H]1C[C@H]1C(=O)OCn1nnc2ccccc2c1=O. The van der Waals surface area contributed by atoms with Crippen molar-refractivity contribution in [1.82, 2.24) is 15.0 Å². The van der Waals surface area contributed by atoms with Crippen LogP contribution in [0.5, 0.6) is 0 Å². The van der Waals surface area contributed by atoms with Gasteiger partial charge in [0.05, 0.1) is 11.3 Å². The quantitative estimate of drug-likeness (QED) is 0.767. The number of esters is 1. The van der Waals surface area contributed by atoms with Gasteiger partial charge >= 0.3 is 5.97 Å². The third-order valence-electron chi connectivity index (χ3n) is 3.37. The van der Waals surface area contributed by atoms with Crippen molar-refractivity contribution in [2.75, 3.05) is 0 Å². The summed E-state index contributed by atoms with van der Waals surface area (Å²) in [6, 6.07) is 6.93. The number of benzene rings is 1. The molecule has 2 atom stereocenters. The van der Waals surface area contributed by atoms with Crippen molar-refractivity contribution in [1.29, 1.82) is 0 Å². The second-order valence-corrected chi connectivity index (χ2v) is 4.82. The highest BCUT2D eigenvalue weighted by molar-refractivity contribution is 5.76. The van der Waals surface area contributed by atoms with Crippen LogP contribution < -0.4 is 5.56 Å². The lowest BCUT2D eigenvalue weighted by atomic mass is 10.2. The Labute approximate surface area is 109 Å². The molecule has 1 aromatic carbocycles. The van der Waals surface area contributed by atoms with Gasteiger partial charge in [0, 0.05) is 0 Å². The van der Waals surface area contributed by atoms with E-state index in [1.54, 1.807) is 24.3 Å². The van der Waals surface area contributed by atoms with Crippen molar-refractivity contribution in [3.8, 4) is 0 Å². The minimum Gasteiger partial charge on any atom is -0.442 e. The van der Waals surface area contributed by atoms with Gasteiger partial charge in [-0.05, 0) is 24.5 Å². The topological polar surface area (TPSA) is 74.1 Å². The van der Waals surface area contributed by atoms with Gasteiger partial charge in [-0.25, -0.2) is 0 Å². The number of nitrogens with zero attached hydrogens (tertiary/aromatic N) is 3. The molecule has 6 heteroatoms. The number of carbonyl (C=O) groups excluding carboxylic acids is 1. The minimum absolute atomic E-state index is 0.0240. The zero-order valence-electron chi connectivity index (χ0n) is 10.4. The van der Waals surface area contributed by atoms with Crippen LogP contribution in [0.25, 0.3) is 10.9 Å². The molecule has 0 bridgehead atoms. The maximum Gasteiger partial charge on any atom is 0.311 e. The number of hydrogen-bond donors (Lipinski definition) is 0. The highest BCUT2D eigenvalue weighted by Crippen LogP contribution is 2.38. The molecule has 6 nitrogen and oxygen atoms in total. The van der Waals surface area contributed by atoms with Crippen molar-refractivity contribution < 1.29 is 9.53 Å². The first-order valence-electron chi connectivity index (χ1n) is 6.16. The fraction of sp³-hybridized carbons (Fsp3) is 0.385. The van der Waals surface area contributed by atoms with Crippen molar-refractivity contribution in [2.24, 2.45) is 11.8 Å². The molecule has 1 fully saturated rings. The Morgan fingerprint density at radius 3 is 2.95 bits per heavy atom. The molecule has 1 aromatic heterocycles. The Morgan fingerprint density at radius 1 is 1.47 bits per heavy atom. The van der Waals surface area contributed by atoms with Crippen LogP contribution in [0, 0.1) is 11.8 Å². The third kappa shape index (κ3) is 2.21. The van der Waals surface area contributed by atoms with Crippen LogP contribution in [0.3, 0.4) is 0 Å². The lowest BCUT2D eigenvalue weighted by molar-refractivity contribution is -0.150. The Bertz CT molecular complexity index is 695. The molecule has 1 saturated carbocycles. The number of rotatable bonds is 3. The third-order valence-corrected chi connectivity index (χ3v) is 3.37. The van der Waals surface area contributed by atoms with Crippen LogP contribution >= 0.6 is 0 Å². The number of aromatic nitrogens is 3. The summed E-state index contributed by atoms with van der Waals surface area (Å²) in [5, 5.41) is 8.14. The Morgan fingerprint density at radius 2 is 2.21 bits per heavy atom. The van der Waals surface area contributed by atoms with Crippen LogP contribution in [-0.2, 0) is 16.3 Å². The van der Waals surface area contributed by atoms with E-state index in [2.05, 4.69) is 10.3 Å². The summed E-state index contributed by atoms with van der Waals surface area (Å²) in [4.78, 5) is 23.6. The van der Waals surface area contributed by atoms with Gasteiger partial charge in [-0.15, -0.1) is 5.10 Å². The van der Waals surface area contributed by atoms with Gasteiger partial charge in [-0.3, -0.25) is 9.59 Å². The molecule has 0 unspecified atom stereocenters. The van der Waals surface area contributed by atoms with E-state index >= 15 is 0 Å². The predicted octanol–water partition coefficient (Wildman–Crippen LogP) is 0.948. The molecule has 1 aliphatic rings. The first-order valence-corrected chi connectivity index (χ1v) is 6.16. The molecule has 0 radical (unpaired) electrons. The van der Waals surface area contributed by atoms with E-state index in [0.29, 0.717) is 16.8 Å². The largest absolute Gasteiger partial charge is 0.442 e. The maximum absolute atomic E-state index is 12.1. The molecule has 3 rings (SSSR count). The van der Waals surface area contributed by atoms with Gasteiger partial charge in [-0.1, -0.05) is 24.3 Å². The van der Waals surface area contributed by atoms with E-state index in [4.69, 9.17) is 4.74 Å². The van der Waals surface area contributed by atoms with Gasteiger partial charge in [0.1, 0.15) is 5.52 Å². The molecule has 98 valence electrons. The molecule has 0 amide bonds. The molecule has 0 N–H and O–H groups in total. The van der Waals surface area contributed by atoms with Crippen molar-refractivity contribution in [2.45, 2.75) is 20.1 Å². The summed E-state index contributed by atoms with van der Waals surface area (Å²) >= 11 is 0. The van der Waals surface area contributed by atoms with E-state index in [9.17, 15) is 9.59 Å². The van der Waals surface area contributed by atoms with E-state index in [0.717, 1.165) is 11.1 Å². The molecule has 2 aromatic rings. The highest BCUT2D eigenvalue weighted by Gasteiger charge is 2.40. The second-order valence-electron chi connectivity index (χ2n) is 4.82. The van der Waals surface area contributed by atoms with Crippen LogP contribution in [0.2, 0.25) is 0 Å². The molecule has 1 heterocycles. The molecular weight excluding hydrogens is 246 g/mol. The highest BCUT2D eigenvalue weighted by atomic mass is 16.5. The van der Waals surface area contributed by atoms with E-state index in [1.807, 2.05) is 6.92 Å². The first kappa shape index (κ1) is 11.8. The number of fused-ring (bicyclic) bond motifs is 1. The van der Waals surface area contributed by atoms with E-state index in [-0.39, 0.29) is 24.2 Å². The zero-order chi connectivity index (χ0) is 13.4. The monoisotopic (exact) mass is 259 g/mol. The van der Waals surface area contributed by atoms with E-state index < -0.39 is 0 Å². The summed E-state index contributed by atoms with van der Waals surface area (Å²) in [5.41, 5.74) is 0.230. The molecule has 0 spiro atoms. The summed E-state index contributed by atoms with van der Waals surface area (Å²) in [5.74, 6) is 0.0883. The Kier molecular flexibility index (Phi) is 2.77. The smallest absolute Gasteiger partial charge is 0.311 e. The maximum atomic E-state index is 12.1. The standard InChI is InChI=1S/C13H13N3O3/c1-8-6-10(8)13(18)19-7-16-12(17)9-4-2-3-5-11(9)14-15-16/h2-5,8,10H,6-7H2,1H3/t8-,10+/m0/s1. The fourth-order valence-corrected chi connectivity index (χ4v) is 1.99. The lowest BCUT2D eigenvalue weighted by Crippen LogP contribution is -2.27. The average Bonchev–Trinajstić information content (AvgIpc) is 3.15. The normalized spacial score (nSPS) is 21.3. The summed E-state index contributed by atoms with van der Waals surface area (Å²) in [7, 11) is 0. The van der Waals surface area contributed by atoms with E-state index in [1.165, 1.54) is 0 Å². The summed E-state index contributed by atoms with van der Waals surface area (Å²) in [6.07, 6.45) is 0.858. The van der Waals surface area contributed by atoms with Crippen LogP contribution in [-0.4, -0.2) is 21.0 Å². The minimum atomic E-state index is -0.303. The Balaban J connectivity index is 1.80. The van der Waals surface area contributed by atoms with Crippen LogP contribution in [0.1, 0.15) is 13.3 Å². The molecule has 0 aliphatic heterocycles. The van der Waals surface area contributed by atoms with Crippen molar-refractivity contribution in [3.63, 3.8) is 0 Å². The molecule has 0 saturated heterocycles. The Hall–Kier alpha value is -2.24. The second kappa shape index (κ2) is 4.46. The lowest BCUT2D eigenvalue weighted by Gasteiger charge is -2.05. The predicted molar refractivity (Wildman–Crippen MR) is 67.2 cm³/mol. The van der Waals surface area contributed by atoms with Gasteiger partial charge in [-0.2, -0.15) is 4.68 Å². The number of hydrogen-bond acceptors (Lipinski definition) is 5. The molecular formula is C13H13N3O3. The molecule has 1 aliphatic carbocycles. The van der Waals surface area contributed by atoms with Gasteiger partial charge in [0.25, 0.3) is 5.56 Å². The zero-order valence-corrected chi connectivity index (χ0v) is 10.4. The fourth-order valence-electron chi connectivity index (χ4n) is 1.99. The van der Waals surface area contributed by atoms with Crippen LogP contribution in [0.15, 0.2) is 29.1 Å². The van der Waals surface area contributed by atoms with Crippen molar-refractivity contribution in [3.05, 3.63) is 34.6 Å².